The van der Waals surface area contributed by atoms with E-state index in [0.29, 0.717) is 0 Å². The molecule has 0 unspecified atom stereocenters. The first kappa shape index (κ1) is 10.7. The molecular formula is C13H16N2O. The van der Waals surface area contributed by atoms with E-state index in [-0.39, 0.29) is 11.8 Å². The number of benzene rings is 1. The second-order valence-electron chi connectivity index (χ2n) is 4.33. The van der Waals surface area contributed by atoms with E-state index in [1.807, 2.05) is 45.0 Å². The number of hydrogen-bond donors (Lipinski definition) is 1. The van der Waals surface area contributed by atoms with Crippen LogP contribution in [0.5, 0.6) is 5.88 Å². The fourth-order valence-corrected chi connectivity index (χ4v) is 1.71. The standard InChI is InChI=1S/C13H16N2O/c1-9(2)12-8-14-15(13(12)16)11-6-4-5-10(3)7-11/h4-9,16H,1-3H3. The first-order valence-corrected chi connectivity index (χ1v) is 5.43. The molecule has 0 amide bonds. The van der Waals surface area contributed by atoms with E-state index in [9.17, 15) is 5.11 Å². The van der Waals surface area contributed by atoms with Crippen molar-refractivity contribution >= 4 is 0 Å². The zero-order valence-corrected chi connectivity index (χ0v) is 9.81. The molecule has 3 heteroatoms. The zero-order valence-electron chi connectivity index (χ0n) is 9.81. The molecule has 0 spiro atoms. The van der Waals surface area contributed by atoms with Crippen molar-refractivity contribution in [3.63, 3.8) is 0 Å². The number of rotatable bonds is 2. The molecule has 16 heavy (non-hydrogen) atoms. The van der Waals surface area contributed by atoms with Gasteiger partial charge in [0.1, 0.15) is 0 Å². The lowest BCUT2D eigenvalue weighted by Gasteiger charge is -2.06. The molecule has 2 aromatic rings. The Morgan fingerprint density at radius 1 is 1.31 bits per heavy atom. The van der Waals surface area contributed by atoms with E-state index in [1.165, 1.54) is 0 Å². The minimum absolute atomic E-state index is 0.237. The lowest BCUT2D eigenvalue weighted by molar-refractivity contribution is 0.425. The highest BCUT2D eigenvalue weighted by atomic mass is 16.3. The van der Waals surface area contributed by atoms with Crippen LogP contribution in [0.15, 0.2) is 30.5 Å². The normalized spacial score (nSPS) is 11.0. The van der Waals surface area contributed by atoms with Crippen LogP contribution in [0.1, 0.15) is 30.9 Å². The lowest BCUT2D eigenvalue weighted by atomic mass is 10.1. The molecule has 1 aromatic heterocycles. The molecule has 0 aliphatic heterocycles. The van der Waals surface area contributed by atoms with E-state index in [0.717, 1.165) is 16.8 Å². The Hall–Kier alpha value is -1.77. The fourth-order valence-electron chi connectivity index (χ4n) is 1.71. The van der Waals surface area contributed by atoms with Crippen molar-refractivity contribution in [2.45, 2.75) is 26.7 Å². The highest BCUT2D eigenvalue weighted by Crippen LogP contribution is 2.27. The van der Waals surface area contributed by atoms with Crippen LogP contribution in [0.3, 0.4) is 0 Å². The summed E-state index contributed by atoms with van der Waals surface area (Å²) in [4.78, 5) is 0. The summed E-state index contributed by atoms with van der Waals surface area (Å²) in [5, 5.41) is 14.3. The van der Waals surface area contributed by atoms with Gasteiger partial charge in [0.05, 0.1) is 11.9 Å². The average molecular weight is 216 g/mol. The predicted octanol–water partition coefficient (Wildman–Crippen LogP) is 3.01. The molecule has 3 nitrogen and oxygen atoms in total. The Bertz CT molecular complexity index is 500. The summed E-state index contributed by atoms with van der Waals surface area (Å²) in [7, 11) is 0. The van der Waals surface area contributed by atoms with Crippen molar-refractivity contribution in [1.82, 2.24) is 9.78 Å². The molecule has 0 fully saturated rings. The maximum Gasteiger partial charge on any atom is 0.217 e. The van der Waals surface area contributed by atoms with E-state index < -0.39 is 0 Å². The summed E-state index contributed by atoms with van der Waals surface area (Å²) in [5.74, 6) is 0.513. The van der Waals surface area contributed by atoms with Crippen LogP contribution in [-0.4, -0.2) is 14.9 Å². The summed E-state index contributed by atoms with van der Waals surface area (Å²) >= 11 is 0. The van der Waals surface area contributed by atoms with E-state index in [4.69, 9.17) is 0 Å². The summed E-state index contributed by atoms with van der Waals surface area (Å²) in [5.41, 5.74) is 2.92. The van der Waals surface area contributed by atoms with Crippen molar-refractivity contribution < 1.29 is 5.11 Å². The Morgan fingerprint density at radius 3 is 2.62 bits per heavy atom. The number of aromatic nitrogens is 2. The van der Waals surface area contributed by atoms with Crippen LogP contribution in [0, 0.1) is 6.92 Å². The van der Waals surface area contributed by atoms with Gasteiger partial charge >= 0.3 is 0 Å². The third-order valence-corrected chi connectivity index (χ3v) is 2.64. The van der Waals surface area contributed by atoms with Gasteiger partial charge < -0.3 is 5.11 Å². The Labute approximate surface area is 95.3 Å². The SMILES string of the molecule is Cc1cccc(-n2ncc(C(C)C)c2O)c1. The van der Waals surface area contributed by atoms with Crippen LogP contribution in [0.2, 0.25) is 0 Å². The van der Waals surface area contributed by atoms with Crippen LogP contribution >= 0.6 is 0 Å². The van der Waals surface area contributed by atoms with Crippen molar-refractivity contribution in [1.29, 1.82) is 0 Å². The zero-order chi connectivity index (χ0) is 11.7. The molecule has 0 saturated heterocycles. The van der Waals surface area contributed by atoms with Crippen molar-refractivity contribution in [2.75, 3.05) is 0 Å². The van der Waals surface area contributed by atoms with Crippen molar-refractivity contribution in [3.8, 4) is 11.6 Å². The summed E-state index contributed by atoms with van der Waals surface area (Å²) in [6.45, 7) is 6.10. The van der Waals surface area contributed by atoms with Gasteiger partial charge in [-0.3, -0.25) is 0 Å². The maximum absolute atomic E-state index is 10.0. The third kappa shape index (κ3) is 1.81. The molecule has 0 aliphatic rings. The number of aromatic hydroxyl groups is 1. The van der Waals surface area contributed by atoms with Crippen LogP contribution in [0.25, 0.3) is 5.69 Å². The Balaban J connectivity index is 2.49. The number of aryl methyl sites for hydroxylation is 1. The van der Waals surface area contributed by atoms with Crippen molar-refractivity contribution in [2.24, 2.45) is 0 Å². The van der Waals surface area contributed by atoms with Crippen LogP contribution in [0.4, 0.5) is 0 Å². The number of nitrogens with zero attached hydrogens (tertiary/aromatic N) is 2. The molecule has 0 atom stereocenters. The molecule has 1 N–H and O–H groups in total. The summed E-state index contributed by atoms with van der Waals surface area (Å²) in [6.07, 6.45) is 1.72. The molecule has 84 valence electrons. The minimum Gasteiger partial charge on any atom is -0.493 e. The Morgan fingerprint density at radius 2 is 2.06 bits per heavy atom. The topological polar surface area (TPSA) is 38.0 Å². The van der Waals surface area contributed by atoms with E-state index >= 15 is 0 Å². The minimum atomic E-state index is 0.237. The molecule has 2 rings (SSSR count). The quantitative estimate of drug-likeness (QED) is 0.838. The van der Waals surface area contributed by atoms with Crippen molar-refractivity contribution in [3.05, 3.63) is 41.6 Å². The molecule has 0 bridgehead atoms. The van der Waals surface area contributed by atoms with E-state index in [2.05, 4.69) is 5.10 Å². The van der Waals surface area contributed by atoms with E-state index in [1.54, 1.807) is 10.9 Å². The van der Waals surface area contributed by atoms with Gasteiger partial charge in [0.15, 0.2) is 0 Å². The van der Waals surface area contributed by atoms with Gasteiger partial charge in [-0.2, -0.15) is 5.10 Å². The highest BCUT2D eigenvalue weighted by Gasteiger charge is 2.13. The summed E-state index contributed by atoms with van der Waals surface area (Å²) < 4.78 is 1.57. The van der Waals surface area contributed by atoms with Gasteiger partial charge in [0, 0.05) is 5.56 Å². The van der Waals surface area contributed by atoms with Gasteiger partial charge in [-0.25, -0.2) is 4.68 Å². The maximum atomic E-state index is 10.0. The second-order valence-corrected chi connectivity index (χ2v) is 4.33. The molecule has 1 aromatic carbocycles. The van der Waals surface area contributed by atoms with Gasteiger partial charge in [-0.05, 0) is 30.5 Å². The number of hydrogen-bond acceptors (Lipinski definition) is 2. The highest BCUT2D eigenvalue weighted by molar-refractivity contribution is 5.40. The molecular weight excluding hydrogens is 200 g/mol. The van der Waals surface area contributed by atoms with Gasteiger partial charge in [-0.1, -0.05) is 26.0 Å². The lowest BCUT2D eigenvalue weighted by Crippen LogP contribution is -1.96. The molecule has 0 aliphatic carbocycles. The van der Waals surface area contributed by atoms with Crippen LogP contribution in [-0.2, 0) is 0 Å². The first-order valence-electron chi connectivity index (χ1n) is 5.43. The largest absolute Gasteiger partial charge is 0.493 e. The van der Waals surface area contributed by atoms with Crippen LogP contribution < -0.4 is 0 Å². The van der Waals surface area contributed by atoms with Gasteiger partial charge in [0.2, 0.25) is 5.88 Å². The smallest absolute Gasteiger partial charge is 0.217 e. The predicted molar refractivity (Wildman–Crippen MR) is 64.1 cm³/mol. The monoisotopic (exact) mass is 216 g/mol. The molecule has 0 radical (unpaired) electrons. The third-order valence-electron chi connectivity index (χ3n) is 2.64. The fraction of sp³-hybridized carbons (Fsp3) is 0.308. The summed E-state index contributed by atoms with van der Waals surface area (Å²) in [6, 6.07) is 7.91. The second kappa shape index (κ2) is 4.00. The molecule has 1 heterocycles. The van der Waals surface area contributed by atoms with Gasteiger partial charge in [-0.15, -0.1) is 0 Å². The first-order chi connectivity index (χ1) is 7.59. The molecule has 0 saturated carbocycles. The van der Waals surface area contributed by atoms with Gasteiger partial charge in [0.25, 0.3) is 0 Å². The Kier molecular flexibility index (Phi) is 2.69. The average Bonchev–Trinajstić information content (AvgIpc) is 2.60.